The van der Waals surface area contributed by atoms with Crippen molar-refractivity contribution in [2.75, 3.05) is 18.5 Å². The summed E-state index contributed by atoms with van der Waals surface area (Å²) in [6.45, 7) is 4.10. The number of carbonyl (C=O) groups excluding carboxylic acids is 1. The van der Waals surface area contributed by atoms with Crippen molar-refractivity contribution in [2.45, 2.75) is 13.5 Å². The van der Waals surface area contributed by atoms with Crippen LogP contribution in [0.25, 0.3) is 0 Å². The van der Waals surface area contributed by atoms with E-state index < -0.39 is 0 Å². The summed E-state index contributed by atoms with van der Waals surface area (Å²) < 4.78 is 7.31. The van der Waals surface area contributed by atoms with Gasteiger partial charge < -0.3 is 15.4 Å². The summed E-state index contributed by atoms with van der Waals surface area (Å²) in [5, 5.41) is 10.3. The third kappa shape index (κ3) is 3.23. The number of anilines is 1. The molecule has 1 aliphatic heterocycles. The predicted octanol–water partition coefficient (Wildman–Crippen LogP) is 1.88. The SMILES string of the molecule is Cc1c(C(=O)Nc2ccc3c(c2)CNCCO3)cnn1C.Cl. The number of nitrogens with one attached hydrogen (secondary N) is 2. The molecule has 0 saturated heterocycles. The molecule has 2 heterocycles. The van der Waals surface area contributed by atoms with E-state index >= 15 is 0 Å². The molecule has 6 nitrogen and oxygen atoms in total. The van der Waals surface area contributed by atoms with Crippen LogP contribution in [0.2, 0.25) is 0 Å². The van der Waals surface area contributed by atoms with Crippen molar-refractivity contribution in [3.8, 4) is 5.75 Å². The van der Waals surface area contributed by atoms with Crippen LogP contribution < -0.4 is 15.4 Å². The lowest BCUT2D eigenvalue weighted by molar-refractivity contribution is 0.102. The number of nitrogens with zero attached hydrogens (tertiary/aromatic N) is 2. The van der Waals surface area contributed by atoms with E-state index in [-0.39, 0.29) is 18.3 Å². The molecule has 7 heteroatoms. The topological polar surface area (TPSA) is 68.2 Å². The second-order valence-corrected chi connectivity index (χ2v) is 5.07. The molecule has 2 N–H and O–H groups in total. The van der Waals surface area contributed by atoms with Gasteiger partial charge in [0, 0.05) is 37.1 Å². The molecular formula is C15H19ClN4O2. The number of benzene rings is 1. The quantitative estimate of drug-likeness (QED) is 0.886. The van der Waals surface area contributed by atoms with E-state index in [4.69, 9.17) is 4.74 Å². The molecule has 0 saturated carbocycles. The molecule has 1 aliphatic rings. The van der Waals surface area contributed by atoms with Crippen molar-refractivity contribution < 1.29 is 9.53 Å². The lowest BCUT2D eigenvalue weighted by Gasteiger charge is -2.10. The fourth-order valence-corrected chi connectivity index (χ4v) is 2.31. The molecule has 1 amide bonds. The Bertz CT molecular complexity index is 684. The van der Waals surface area contributed by atoms with Crippen LogP contribution >= 0.6 is 12.4 Å². The highest BCUT2D eigenvalue weighted by Gasteiger charge is 2.14. The lowest BCUT2D eigenvalue weighted by atomic mass is 10.1. The molecule has 22 heavy (non-hydrogen) atoms. The van der Waals surface area contributed by atoms with Crippen molar-refractivity contribution in [2.24, 2.45) is 7.05 Å². The number of aryl methyl sites for hydroxylation is 1. The zero-order chi connectivity index (χ0) is 14.8. The van der Waals surface area contributed by atoms with Gasteiger partial charge in [-0.05, 0) is 25.1 Å². The van der Waals surface area contributed by atoms with E-state index in [1.165, 1.54) is 0 Å². The molecule has 118 valence electrons. The molecule has 0 aliphatic carbocycles. The molecule has 1 aromatic heterocycles. The maximum atomic E-state index is 12.3. The first-order valence-corrected chi connectivity index (χ1v) is 6.91. The number of amides is 1. The minimum Gasteiger partial charge on any atom is -0.492 e. The van der Waals surface area contributed by atoms with E-state index in [0.29, 0.717) is 12.2 Å². The summed E-state index contributed by atoms with van der Waals surface area (Å²) in [6, 6.07) is 5.69. The Hall–Kier alpha value is -2.05. The summed E-state index contributed by atoms with van der Waals surface area (Å²) in [5.41, 5.74) is 3.23. The van der Waals surface area contributed by atoms with Crippen molar-refractivity contribution in [1.82, 2.24) is 15.1 Å². The Labute approximate surface area is 135 Å². The van der Waals surface area contributed by atoms with Crippen LogP contribution in [0.1, 0.15) is 21.6 Å². The van der Waals surface area contributed by atoms with Crippen LogP contribution in [0.3, 0.4) is 0 Å². The molecule has 0 atom stereocenters. The fourth-order valence-electron chi connectivity index (χ4n) is 2.31. The van der Waals surface area contributed by atoms with Gasteiger partial charge >= 0.3 is 0 Å². The minimum absolute atomic E-state index is 0. The third-order valence-electron chi connectivity index (χ3n) is 3.65. The second kappa shape index (κ2) is 6.81. The van der Waals surface area contributed by atoms with Crippen molar-refractivity contribution in [3.63, 3.8) is 0 Å². The highest BCUT2D eigenvalue weighted by Crippen LogP contribution is 2.24. The number of carbonyl (C=O) groups is 1. The monoisotopic (exact) mass is 322 g/mol. The average molecular weight is 323 g/mol. The first-order valence-electron chi connectivity index (χ1n) is 6.91. The number of halogens is 1. The van der Waals surface area contributed by atoms with Crippen LogP contribution in [0.4, 0.5) is 5.69 Å². The molecular weight excluding hydrogens is 304 g/mol. The van der Waals surface area contributed by atoms with E-state index in [0.717, 1.165) is 35.8 Å². The van der Waals surface area contributed by atoms with Crippen LogP contribution in [-0.2, 0) is 13.6 Å². The predicted molar refractivity (Wildman–Crippen MR) is 86.8 cm³/mol. The maximum absolute atomic E-state index is 12.3. The number of ether oxygens (including phenoxy) is 1. The summed E-state index contributed by atoms with van der Waals surface area (Å²) >= 11 is 0. The summed E-state index contributed by atoms with van der Waals surface area (Å²) in [4.78, 5) is 12.3. The maximum Gasteiger partial charge on any atom is 0.259 e. The Morgan fingerprint density at radius 1 is 1.45 bits per heavy atom. The van der Waals surface area contributed by atoms with Gasteiger partial charge in [0.2, 0.25) is 0 Å². The Morgan fingerprint density at radius 3 is 3.00 bits per heavy atom. The molecule has 0 spiro atoms. The van der Waals surface area contributed by atoms with Gasteiger partial charge in [0.25, 0.3) is 5.91 Å². The van der Waals surface area contributed by atoms with Crippen LogP contribution in [-0.4, -0.2) is 28.8 Å². The molecule has 1 aromatic carbocycles. The average Bonchev–Trinajstić information content (AvgIpc) is 2.68. The summed E-state index contributed by atoms with van der Waals surface area (Å²) in [7, 11) is 1.82. The molecule has 0 bridgehead atoms. The van der Waals surface area contributed by atoms with Crippen LogP contribution in [0.5, 0.6) is 5.75 Å². The number of rotatable bonds is 2. The lowest BCUT2D eigenvalue weighted by Crippen LogP contribution is -2.16. The Balaban J connectivity index is 0.00000176. The summed E-state index contributed by atoms with van der Waals surface area (Å²) in [6.07, 6.45) is 1.58. The first-order chi connectivity index (χ1) is 10.1. The standard InChI is InChI=1S/C15H18N4O2.ClH/c1-10-13(9-17-19(10)2)15(20)18-12-3-4-14-11(7-12)8-16-5-6-21-14;/h3-4,7,9,16H,5-6,8H2,1-2H3,(H,18,20);1H. The molecule has 3 rings (SSSR count). The molecule has 0 radical (unpaired) electrons. The zero-order valence-electron chi connectivity index (χ0n) is 12.5. The first kappa shape index (κ1) is 16.3. The van der Waals surface area contributed by atoms with E-state index in [1.54, 1.807) is 10.9 Å². The van der Waals surface area contributed by atoms with Gasteiger partial charge in [0.15, 0.2) is 0 Å². The zero-order valence-corrected chi connectivity index (χ0v) is 13.4. The van der Waals surface area contributed by atoms with Crippen molar-refractivity contribution in [3.05, 3.63) is 41.2 Å². The highest BCUT2D eigenvalue weighted by molar-refractivity contribution is 6.04. The third-order valence-corrected chi connectivity index (χ3v) is 3.65. The minimum atomic E-state index is -0.150. The van der Waals surface area contributed by atoms with Gasteiger partial charge in [0.1, 0.15) is 12.4 Å². The van der Waals surface area contributed by atoms with Gasteiger partial charge in [-0.15, -0.1) is 12.4 Å². The van der Waals surface area contributed by atoms with Gasteiger partial charge in [-0.3, -0.25) is 9.48 Å². The number of fused-ring (bicyclic) bond motifs is 1. The van der Waals surface area contributed by atoms with Gasteiger partial charge in [-0.25, -0.2) is 0 Å². The Morgan fingerprint density at radius 2 is 2.27 bits per heavy atom. The van der Waals surface area contributed by atoms with E-state index in [1.807, 2.05) is 32.2 Å². The normalized spacial score (nSPS) is 13.4. The van der Waals surface area contributed by atoms with Gasteiger partial charge in [0.05, 0.1) is 11.8 Å². The largest absolute Gasteiger partial charge is 0.492 e. The second-order valence-electron chi connectivity index (χ2n) is 5.07. The number of aromatic nitrogens is 2. The smallest absolute Gasteiger partial charge is 0.259 e. The van der Waals surface area contributed by atoms with Crippen LogP contribution in [0, 0.1) is 6.92 Å². The van der Waals surface area contributed by atoms with Gasteiger partial charge in [-0.2, -0.15) is 5.10 Å². The van der Waals surface area contributed by atoms with E-state index in [2.05, 4.69) is 15.7 Å². The fraction of sp³-hybridized carbons (Fsp3) is 0.333. The Kier molecular flexibility index (Phi) is 5.05. The van der Waals surface area contributed by atoms with Crippen molar-refractivity contribution >= 4 is 24.0 Å². The number of hydrogen-bond donors (Lipinski definition) is 2. The highest BCUT2D eigenvalue weighted by atomic mass is 35.5. The molecule has 0 unspecified atom stereocenters. The number of hydrogen-bond acceptors (Lipinski definition) is 4. The molecule has 2 aromatic rings. The summed E-state index contributed by atoms with van der Waals surface area (Å²) in [5.74, 6) is 0.721. The van der Waals surface area contributed by atoms with Gasteiger partial charge in [-0.1, -0.05) is 0 Å². The molecule has 0 fully saturated rings. The van der Waals surface area contributed by atoms with E-state index in [9.17, 15) is 4.79 Å². The van der Waals surface area contributed by atoms with Crippen LogP contribution in [0.15, 0.2) is 24.4 Å². The van der Waals surface area contributed by atoms with Crippen molar-refractivity contribution in [1.29, 1.82) is 0 Å².